The average Bonchev–Trinajstić information content (AvgIpc) is 3.35. The summed E-state index contributed by atoms with van der Waals surface area (Å²) in [7, 11) is 5.33. The second kappa shape index (κ2) is 7.60. The highest BCUT2D eigenvalue weighted by Crippen LogP contribution is 2.39. The Labute approximate surface area is 172 Å². The van der Waals surface area contributed by atoms with E-state index < -0.39 is 0 Å². The summed E-state index contributed by atoms with van der Waals surface area (Å²) < 4.78 is 8.01. The molecule has 4 rings (SSSR count). The van der Waals surface area contributed by atoms with Crippen molar-refractivity contribution < 1.29 is 9.53 Å². The third-order valence-corrected chi connectivity index (χ3v) is 6.80. The number of thiazole rings is 1. The maximum atomic E-state index is 12.7. The first-order valence-corrected chi connectivity index (χ1v) is 10.3. The Hall–Kier alpha value is -2.32. The Kier molecular flexibility index (Phi) is 5.16. The van der Waals surface area contributed by atoms with Crippen LogP contribution in [0.2, 0.25) is 5.02 Å². The van der Waals surface area contributed by atoms with Gasteiger partial charge in [0.15, 0.2) is 5.13 Å². The lowest BCUT2D eigenvalue weighted by molar-refractivity contribution is 0.0709. The predicted octanol–water partition coefficient (Wildman–Crippen LogP) is 3.43. The summed E-state index contributed by atoms with van der Waals surface area (Å²) in [6, 6.07) is 3.89. The fraction of sp³-hybridized carbons (Fsp3) is 0.421. The SMILES string of the molecule is COc1ccc(Cl)c2sc(N3CCC(N(C)C(=O)c4cnn(C)c4)CC3)nc12. The molecule has 1 saturated heterocycles. The van der Waals surface area contributed by atoms with Crippen molar-refractivity contribution >= 4 is 44.2 Å². The smallest absolute Gasteiger partial charge is 0.257 e. The molecule has 3 aromatic rings. The lowest BCUT2D eigenvalue weighted by Gasteiger charge is -2.36. The molecule has 7 nitrogen and oxygen atoms in total. The van der Waals surface area contributed by atoms with Gasteiger partial charge in [-0.1, -0.05) is 22.9 Å². The van der Waals surface area contributed by atoms with Gasteiger partial charge in [0.25, 0.3) is 5.91 Å². The highest BCUT2D eigenvalue weighted by atomic mass is 35.5. The molecule has 3 heterocycles. The number of aromatic nitrogens is 3. The summed E-state index contributed by atoms with van der Waals surface area (Å²) in [4.78, 5) is 21.5. The van der Waals surface area contributed by atoms with E-state index >= 15 is 0 Å². The second-order valence-corrected chi connectivity index (χ2v) is 8.35. The van der Waals surface area contributed by atoms with Gasteiger partial charge >= 0.3 is 0 Å². The van der Waals surface area contributed by atoms with Gasteiger partial charge in [0, 0.05) is 39.4 Å². The van der Waals surface area contributed by atoms with Crippen LogP contribution in [0.4, 0.5) is 5.13 Å². The van der Waals surface area contributed by atoms with Crippen LogP contribution in [0.3, 0.4) is 0 Å². The fourth-order valence-corrected chi connectivity index (χ4v) is 4.89. The molecule has 0 saturated carbocycles. The van der Waals surface area contributed by atoms with E-state index in [0.717, 1.165) is 47.0 Å². The number of methoxy groups -OCH3 is 1. The number of rotatable bonds is 4. The van der Waals surface area contributed by atoms with E-state index in [9.17, 15) is 4.79 Å². The van der Waals surface area contributed by atoms with Crippen LogP contribution in [0.25, 0.3) is 10.2 Å². The predicted molar refractivity (Wildman–Crippen MR) is 112 cm³/mol. The number of halogens is 1. The molecule has 1 aromatic carbocycles. The van der Waals surface area contributed by atoms with Crippen molar-refractivity contribution in [2.45, 2.75) is 18.9 Å². The van der Waals surface area contributed by atoms with Gasteiger partial charge in [-0.3, -0.25) is 9.48 Å². The second-order valence-electron chi connectivity index (χ2n) is 6.96. The molecule has 0 aliphatic carbocycles. The molecule has 1 aliphatic rings. The maximum absolute atomic E-state index is 12.7. The minimum absolute atomic E-state index is 0.0167. The van der Waals surface area contributed by atoms with Crippen LogP contribution >= 0.6 is 22.9 Å². The van der Waals surface area contributed by atoms with Crippen LogP contribution in [0.15, 0.2) is 24.5 Å². The van der Waals surface area contributed by atoms with E-state index in [2.05, 4.69) is 10.00 Å². The van der Waals surface area contributed by atoms with Crippen molar-refractivity contribution in [3.05, 3.63) is 35.1 Å². The Balaban J connectivity index is 1.46. The number of ether oxygens (including phenoxy) is 1. The third-order valence-electron chi connectivity index (χ3n) is 5.22. The van der Waals surface area contributed by atoms with Crippen molar-refractivity contribution in [2.24, 2.45) is 7.05 Å². The van der Waals surface area contributed by atoms with E-state index in [4.69, 9.17) is 21.3 Å². The maximum Gasteiger partial charge on any atom is 0.257 e. The summed E-state index contributed by atoms with van der Waals surface area (Å²) in [5.74, 6) is 0.752. The van der Waals surface area contributed by atoms with Crippen LogP contribution in [0.1, 0.15) is 23.2 Å². The number of carbonyl (C=O) groups is 1. The average molecular weight is 420 g/mol. The molecule has 28 heavy (non-hydrogen) atoms. The van der Waals surface area contributed by atoms with Crippen LogP contribution in [0.5, 0.6) is 5.75 Å². The first-order chi connectivity index (χ1) is 13.5. The minimum atomic E-state index is 0.0167. The van der Waals surface area contributed by atoms with Gasteiger partial charge in [0.05, 0.1) is 28.6 Å². The number of aryl methyl sites for hydroxylation is 1. The van der Waals surface area contributed by atoms with Gasteiger partial charge in [-0.2, -0.15) is 5.10 Å². The minimum Gasteiger partial charge on any atom is -0.494 e. The van der Waals surface area contributed by atoms with Gasteiger partial charge in [-0.25, -0.2) is 4.98 Å². The van der Waals surface area contributed by atoms with Crippen molar-refractivity contribution in [3.63, 3.8) is 0 Å². The van der Waals surface area contributed by atoms with Crippen molar-refractivity contribution in [1.82, 2.24) is 19.7 Å². The fourth-order valence-electron chi connectivity index (χ4n) is 3.59. The molecule has 0 atom stereocenters. The van der Waals surface area contributed by atoms with Gasteiger partial charge < -0.3 is 14.5 Å². The van der Waals surface area contributed by atoms with Crippen LogP contribution in [-0.4, -0.2) is 58.9 Å². The quantitative estimate of drug-likeness (QED) is 0.648. The molecule has 1 aliphatic heterocycles. The van der Waals surface area contributed by atoms with Gasteiger partial charge in [0.2, 0.25) is 0 Å². The van der Waals surface area contributed by atoms with Crippen molar-refractivity contribution in [1.29, 1.82) is 0 Å². The molecular formula is C19H22ClN5O2S. The Morgan fingerprint density at radius 2 is 2.11 bits per heavy atom. The number of piperidine rings is 1. The lowest BCUT2D eigenvalue weighted by Crippen LogP contribution is -2.45. The molecular weight excluding hydrogens is 398 g/mol. The summed E-state index contributed by atoms with van der Waals surface area (Å²) in [6.45, 7) is 1.68. The number of anilines is 1. The van der Waals surface area contributed by atoms with Crippen LogP contribution in [-0.2, 0) is 7.05 Å². The molecule has 2 aromatic heterocycles. The number of hydrogen-bond donors (Lipinski definition) is 0. The van der Waals surface area contributed by atoms with E-state index in [1.54, 1.807) is 35.5 Å². The zero-order valence-electron chi connectivity index (χ0n) is 16.1. The molecule has 0 bridgehead atoms. The number of hydrogen-bond acceptors (Lipinski definition) is 6. The molecule has 0 N–H and O–H groups in total. The van der Waals surface area contributed by atoms with Gasteiger partial charge in [0.1, 0.15) is 11.3 Å². The molecule has 0 radical (unpaired) electrons. The number of nitrogens with zero attached hydrogens (tertiary/aromatic N) is 5. The van der Waals surface area contributed by atoms with Crippen LogP contribution < -0.4 is 9.64 Å². The lowest BCUT2D eigenvalue weighted by atomic mass is 10.0. The largest absolute Gasteiger partial charge is 0.494 e. The van der Waals surface area contributed by atoms with Crippen molar-refractivity contribution in [2.75, 3.05) is 32.1 Å². The number of fused-ring (bicyclic) bond motifs is 1. The van der Waals surface area contributed by atoms with E-state index in [0.29, 0.717) is 10.6 Å². The molecule has 1 fully saturated rings. The van der Waals surface area contributed by atoms with Gasteiger partial charge in [-0.15, -0.1) is 0 Å². The normalized spacial score (nSPS) is 15.2. The zero-order valence-corrected chi connectivity index (χ0v) is 17.6. The zero-order chi connectivity index (χ0) is 19.8. The number of amides is 1. The molecule has 0 spiro atoms. The van der Waals surface area contributed by atoms with Crippen molar-refractivity contribution in [3.8, 4) is 5.75 Å². The Morgan fingerprint density at radius 1 is 1.36 bits per heavy atom. The molecule has 1 amide bonds. The molecule has 148 valence electrons. The highest BCUT2D eigenvalue weighted by Gasteiger charge is 2.28. The Bertz CT molecular complexity index is 1010. The third kappa shape index (κ3) is 3.42. The van der Waals surface area contributed by atoms with E-state index in [-0.39, 0.29) is 11.9 Å². The Morgan fingerprint density at radius 3 is 2.75 bits per heavy atom. The summed E-state index contributed by atoms with van der Waals surface area (Å²) in [5, 5.41) is 5.73. The first kappa shape index (κ1) is 19.0. The summed E-state index contributed by atoms with van der Waals surface area (Å²) in [5.41, 5.74) is 1.43. The van der Waals surface area contributed by atoms with Gasteiger partial charge in [-0.05, 0) is 25.0 Å². The number of benzene rings is 1. The first-order valence-electron chi connectivity index (χ1n) is 9.11. The molecule has 0 unspecified atom stereocenters. The van der Waals surface area contributed by atoms with Crippen LogP contribution in [0, 0.1) is 0 Å². The summed E-state index contributed by atoms with van der Waals surface area (Å²) in [6.07, 6.45) is 5.16. The van der Waals surface area contributed by atoms with E-state index in [1.807, 2.05) is 31.1 Å². The molecule has 9 heteroatoms. The number of carbonyl (C=O) groups excluding carboxylic acids is 1. The van der Waals surface area contributed by atoms with E-state index in [1.165, 1.54) is 0 Å². The monoisotopic (exact) mass is 419 g/mol. The standard InChI is InChI=1S/C19H22ClN5O2S/c1-23-11-12(10-21-23)18(26)24(2)13-6-8-25(9-7-13)19-22-16-15(27-3)5-4-14(20)17(16)28-19/h4-5,10-11,13H,6-9H2,1-3H3. The highest BCUT2D eigenvalue weighted by molar-refractivity contribution is 7.22. The topological polar surface area (TPSA) is 63.5 Å². The summed E-state index contributed by atoms with van der Waals surface area (Å²) >= 11 is 7.93.